The Labute approximate surface area is 153 Å². The van der Waals surface area contributed by atoms with E-state index < -0.39 is 17.8 Å². The van der Waals surface area contributed by atoms with Gasteiger partial charge in [-0.3, -0.25) is 9.89 Å². The second kappa shape index (κ2) is 7.67. The van der Waals surface area contributed by atoms with E-state index in [1.54, 1.807) is 24.3 Å². The van der Waals surface area contributed by atoms with Crippen molar-refractivity contribution in [3.05, 3.63) is 52.3 Å². The molecule has 1 aliphatic rings. The van der Waals surface area contributed by atoms with E-state index in [-0.39, 0.29) is 18.3 Å². The summed E-state index contributed by atoms with van der Waals surface area (Å²) in [5.74, 6) is -0.564. The van der Waals surface area contributed by atoms with Crippen LogP contribution in [0.1, 0.15) is 34.6 Å². The molecule has 1 fully saturated rings. The molecule has 1 aromatic heterocycles. The van der Waals surface area contributed by atoms with Gasteiger partial charge in [0.1, 0.15) is 5.69 Å². The fourth-order valence-corrected chi connectivity index (χ4v) is 3.16. The van der Waals surface area contributed by atoms with Crippen LogP contribution in [-0.4, -0.2) is 40.1 Å². The molecule has 0 aliphatic carbocycles. The second-order valence-corrected chi connectivity index (χ2v) is 6.64. The summed E-state index contributed by atoms with van der Waals surface area (Å²) in [6, 6.07) is 7.92. The third kappa shape index (κ3) is 4.37. The van der Waals surface area contributed by atoms with E-state index in [0.717, 1.165) is 31.0 Å². The van der Waals surface area contributed by atoms with E-state index in [2.05, 4.69) is 10.4 Å². The van der Waals surface area contributed by atoms with Crippen molar-refractivity contribution in [1.29, 1.82) is 0 Å². The molecule has 140 valence electrons. The molecule has 26 heavy (non-hydrogen) atoms. The first kappa shape index (κ1) is 18.7. The van der Waals surface area contributed by atoms with Gasteiger partial charge in [0.25, 0.3) is 5.91 Å². The molecule has 1 aromatic carbocycles. The van der Waals surface area contributed by atoms with E-state index in [9.17, 15) is 18.0 Å². The monoisotopic (exact) mass is 386 g/mol. The van der Waals surface area contributed by atoms with E-state index in [4.69, 9.17) is 11.6 Å². The van der Waals surface area contributed by atoms with Crippen molar-refractivity contribution < 1.29 is 18.0 Å². The average Bonchev–Trinajstić information content (AvgIpc) is 3.26. The van der Waals surface area contributed by atoms with Crippen molar-refractivity contribution in [3.8, 4) is 0 Å². The normalized spacial score (nSPS) is 17.5. The molecule has 2 N–H and O–H groups in total. The molecule has 5 nitrogen and oxygen atoms in total. The van der Waals surface area contributed by atoms with Gasteiger partial charge in [-0.15, -0.1) is 0 Å². The number of nitrogens with zero attached hydrogens (tertiary/aromatic N) is 2. The lowest BCUT2D eigenvalue weighted by molar-refractivity contribution is -0.141. The molecule has 2 heterocycles. The van der Waals surface area contributed by atoms with E-state index in [1.165, 1.54) is 4.90 Å². The van der Waals surface area contributed by atoms with Crippen LogP contribution in [0.4, 0.5) is 13.2 Å². The Morgan fingerprint density at radius 1 is 1.35 bits per heavy atom. The Hall–Kier alpha value is -2.06. The summed E-state index contributed by atoms with van der Waals surface area (Å²) in [7, 11) is 0. The van der Waals surface area contributed by atoms with Gasteiger partial charge in [-0.1, -0.05) is 29.8 Å². The number of rotatable bonds is 5. The number of carbonyl (C=O) groups excluding carboxylic acids is 1. The largest absolute Gasteiger partial charge is 0.432 e. The molecule has 0 radical (unpaired) electrons. The summed E-state index contributed by atoms with van der Waals surface area (Å²) in [6.07, 6.45) is -2.67. The Balaban J connectivity index is 1.82. The van der Waals surface area contributed by atoms with Crippen molar-refractivity contribution in [3.63, 3.8) is 0 Å². The minimum atomic E-state index is -4.58. The third-order valence-electron chi connectivity index (χ3n) is 4.31. The van der Waals surface area contributed by atoms with Crippen LogP contribution < -0.4 is 5.32 Å². The van der Waals surface area contributed by atoms with Crippen molar-refractivity contribution in [2.24, 2.45) is 0 Å². The van der Waals surface area contributed by atoms with Crippen LogP contribution in [0.3, 0.4) is 0 Å². The molecule has 0 saturated carbocycles. The Kier molecular flexibility index (Phi) is 5.52. The van der Waals surface area contributed by atoms with E-state index >= 15 is 0 Å². The zero-order chi connectivity index (χ0) is 18.7. The van der Waals surface area contributed by atoms with E-state index in [0.29, 0.717) is 11.6 Å². The lowest BCUT2D eigenvalue weighted by atomic mass is 10.1. The van der Waals surface area contributed by atoms with Gasteiger partial charge in [-0.2, -0.15) is 18.3 Å². The molecule has 2 aromatic rings. The zero-order valence-electron chi connectivity index (χ0n) is 13.8. The van der Waals surface area contributed by atoms with Crippen LogP contribution in [0, 0.1) is 0 Å². The lowest BCUT2D eigenvalue weighted by Gasteiger charge is -2.25. The maximum absolute atomic E-state index is 12.8. The molecule has 9 heteroatoms. The van der Waals surface area contributed by atoms with Gasteiger partial charge in [0.2, 0.25) is 0 Å². The number of hydrogen-bond donors (Lipinski definition) is 2. The van der Waals surface area contributed by atoms with Gasteiger partial charge in [0, 0.05) is 30.2 Å². The van der Waals surface area contributed by atoms with Gasteiger partial charge < -0.3 is 10.2 Å². The minimum Gasteiger partial charge on any atom is -0.331 e. The first-order valence-corrected chi connectivity index (χ1v) is 8.61. The predicted molar refractivity (Wildman–Crippen MR) is 90.8 cm³/mol. The molecule has 0 spiro atoms. The van der Waals surface area contributed by atoms with Crippen molar-refractivity contribution >= 4 is 17.5 Å². The fraction of sp³-hybridized carbons (Fsp3) is 0.412. The standard InChI is InChI=1S/C17H18ClF3N4O/c18-13-6-2-1-4-11(13)9-25(10-12-5-3-7-22-12)16(26)14-8-15(24-23-14)17(19,20)21/h1-2,4,6,8,12,22H,3,5,7,9-10H2,(H,23,24). The van der Waals surface area contributed by atoms with Gasteiger partial charge in [0.15, 0.2) is 5.69 Å². The number of hydrogen-bond acceptors (Lipinski definition) is 3. The Bertz CT molecular complexity index is 771. The molecule has 1 amide bonds. The van der Waals surface area contributed by atoms with Crippen LogP contribution in [0.5, 0.6) is 0 Å². The summed E-state index contributed by atoms with van der Waals surface area (Å²) < 4.78 is 38.3. The van der Waals surface area contributed by atoms with Gasteiger partial charge in [-0.05, 0) is 31.0 Å². The van der Waals surface area contributed by atoms with Gasteiger partial charge in [0.05, 0.1) is 0 Å². The number of halogens is 4. The summed E-state index contributed by atoms with van der Waals surface area (Å²) in [5.41, 5.74) is -0.577. The molecule has 1 unspecified atom stereocenters. The highest BCUT2D eigenvalue weighted by molar-refractivity contribution is 6.31. The molecule has 3 rings (SSSR count). The third-order valence-corrected chi connectivity index (χ3v) is 4.68. The first-order valence-electron chi connectivity index (χ1n) is 8.23. The van der Waals surface area contributed by atoms with E-state index in [1.807, 2.05) is 5.10 Å². The van der Waals surface area contributed by atoms with Gasteiger partial charge in [-0.25, -0.2) is 0 Å². The van der Waals surface area contributed by atoms with Crippen LogP contribution in [0.15, 0.2) is 30.3 Å². The first-order chi connectivity index (χ1) is 12.3. The highest BCUT2D eigenvalue weighted by Gasteiger charge is 2.34. The number of aromatic amines is 1. The maximum Gasteiger partial charge on any atom is 0.432 e. The summed E-state index contributed by atoms with van der Waals surface area (Å²) in [6.45, 7) is 1.43. The minimum absolute atomic E-state index is 0.0995. The van der Waals surface area contributed by atoms with Crippen LogP contribution in [-0.2, 0) is 12.7 Å². The topological polar surface area (TPSA) is 61.0 Å². The fourth-order valence-electron chi connectivity index (χ4n) is 2.97. The quantitative estimate of drug-likeness (QED) is 0.827. The number of aromatic nitrogens is 2. The van der Waals surface area contributed by atoms with Crippen molar-refractivity contribution in [2.75, 3.05) is 13.1 Å². The van der Waals surface area contributed by atoms with Gasteiger partial charge >= 0.3 is 6.18 Å². The number of alkyl halides is 3. The molecular weight excluding hydrogens is 369 g/mol. The average molecular weight is 387 g/mol. The number of H-pyrrole nitrogens is 1. The van der Waals surface area contributed by atoms with Crippen LogP contribution in [0.25, 0.3) is 0 Å². The Morgan fingerprint density at radius 2 is 2.12 bits per heavy atom. The lowest BCUT2D eigenvalue weighted by Crippen LogP contribution is -2.41. The maximum atomic E-state index is 12.8. The Morgan fingerprint density at radius 3 is 2.73 bits per heavy atom. The number of nitrogens with one attached hydrogen (secondary N) is 2. The predicted octanol–water partition coefficient (Wildman–Crippen LogP) is 3.48. The van der Waals surface area contributed by atoms with Crippen LogP contribution >= 0.6 is 11.6 Å². The number of benzene rings is 1. The summed E-state index contributed by atoms with van der Waals surface area (Å²) in [4.78, 5) is 14.3. The van der Waals surface area contributed by atoms with Crippen molar-refractivity contribution in [2.45, 2.75) is 31.6 Å². The summed E-state index contributed by atoms with van der Waals surface area (Å²) in [5, 5.41) is 9.23. The molecular formula is C17H18ClF3N4O. The SMILES string of the molecule is O=C(c1cc(C(F)(F)F)[nH]n1)N(Cc1ccccc1Cl)CC1CCCN1. The number of carbonyl (C=O) groups is 1. The summed E-state index contributed by atoms with van der Waals surface area (Å²) >= 11 is 6.18. The molecule has 1 saturated heterocycles. The highest BCUT2D eigenvalue weighted by Crippen LogP contribution is 2.28. The molecule has 0 bridgehead atoms. The molecule has 1 atom stereocenters. The second-order valence-electron chi connectivity index (χ2n) is 6.23. The highest BCUT2D eigenvalue weighted by atomic mass is 35.5. The number of amides is 1. The smallest absolute Gasteiger partial charge is 0.331 e. The van der Waals surface area contributed by atoms with Crippen LogP contribution in [0.2, 0.25) is 5.02 Å². The molecule has 1 aliphatic heterocycles. The van der Waals surface area contributed by atoms with Crippen molar-refractivity contribution in [1.82, 2.24) is 20.4 Å². The zero-order valence-corrected chi connectivity index (χ0v) is 14.6.